The van der Waals surface area contributed by atoms with E-state index >= 15 is 0 Å². The largest absolute Gasteiger partial charge is 0.0587 e. The van der Waals surface area contributed by atoms with Crippen LogP contribution >= 0.6 is 0 Å². The zero-order valence-electron chi connectivity index (χ0n) is 12.0. The standard InChI is InChI=1S/C20H18/c1-13-3-4-17-9-14(2)11-20(19(17)10-13)18-8-6-15-5-7-16(15)12-18/h3-4,6,8-12H,5,7H2,1-2H3. The summed E-state index contributed by atoms with van der Waals surface area (Å²) in [6.07, 6.45) is 2.50. The van der Waals surface area contributed by atoms with Crippen molar-refractivity contribution in [3.63, 3.8) is 0 Å². The van der Waals surface area contributed by atoms with Gasteiger partial charge in [-0.1, -0.05) is 54.1 Å². The summed E-state index contributed by atoms with van der Waals surface area (Å²) >= 11 is 0. The molecule has 20 heavy (non-hydrogen) atoms. The highest BCUT2D eigenvalue weighted by Crippen LogP contribution is 2.34. The predicted octanol–water partition coefficient (Wildman–Crippen LogP) is 5.22. The summed E-state index contributed by atoms with van der Waals surface area (Å²) in [7, 11) is 0. The van der Waals surface area contributed by atoms with Crippen molar-refractivity contribution >= 4 is 10.8 Å². The van der Waals surface area contributed by atoms with Crippen LogP contribution in [0, 0.1) is 13.8 Å². The van der Waals surface area contributed by atoms with Crippen molar-refractivity contribution in [3.8, 4) is 11.1 Å². The van der Waals surface area contributed by atoms with Crippen LogP contribution in [-0.4, -0.2) is 0 Å². The molecule has 0 radical (unpaired) electrons. The van der Waals surface area contributed by atoms with E-state index in [4.69, 9.17) is 0 Å². The van der Waals surface area contributed by atoms with Crippen LogP contribution in [0.25, 0.3) is 21.9 Å². The molecule has 0 bridgehead atoms. The van der Waals surface area contributed by atoms with Crippen molar-refractivity contribution in [2.45, 2.75) is 26.7 Å². The van der Waals surface area contributed by atoms with Gasteiger partial charge < -0.3 is 0 Å². The van der Waals surface area contributed by atoms with Gasteiger partial charge in [-0.25, -0.2) is 0 Å². The van der Waals surface area contributed by atoms with E-state index in [-0.39, 0.29) is 0 Å². The average Bonchev–Trinajstić information content (AvgIpc) is 2.40. The Kier molecular flexibility index (Phi) is 2.47. The number of fused-ring (bicyclic) bond motifs is 2. The molecule has 0 nitrogen and oxygen atoms in total. The zero-order chi connectivity index (χ0) is 13.7. The minimum Gasteiger partial charge on any atom is -0.0587 e. The Balaban J connectivity index is 2.01. The third-order valence-electron chi connectivity index (χ3n) is 4.44. The van der Waals surface area contributed by atoms with Crippen LogP contribution in [0.15, 0.2) is 48.5 Å². The average molecular weight is 258 g/mol. The second-order valence-electron chi connectivity index (χ2n) is 6.02. The molecule has 0 fully saturated rings. The highest BCUT2D eigenvalue weighted by Gasteiger charge is 2.14. The molecule has 0 spiro atoms. The first-order valence-electron chi connectivity index (χ1n) is 7.34. The molecule has 1 aliphatic carbocycles. The first-order valence-corrected chi connectivity index (χ1v) is 7.34. The van der Waals surface area contributed by atoms with Crippen molar-refractivity contribution in [1.82, 2.24) is 0 Å². The van der Waals surface area contributed by atoms with Crippen LogP contribution in [0.2, 0.25) is 0 Å². The summed E-state index contributed by atoms with van der Waals surface area (Å²) in [5, 5.41) is 2.71. The normalized spacial score (nSPS) is 13.1. The fourth-order valence-electron chi connectivity index (χ4n) is 3.22. The van der Waals surface area contributed by atoms with Crippen LogP contribution in [0.5, 0.6) is 0 Å². The van der Waals surface area contributed by atoms with E-state index in [1.54, 1.807) is 0 Å². The van der Waals surface area contributed by atoms with Crippen LogP contribution in [-0.2, 0) is 12.8 Å². The molecule has 4 rings (SSSR count). The van der Waals surface area contributed by atoms with Gasteiger partial charge in [0.15, 0.2) is 0 Å². The molecule has 0 heteroatoms. The van der Waals surface area contributed by atoms with Gasteiger partial charge in [-0.05, 0) is 65.3 Å². The molecule has 0 saturated heterocycles. The maximum absolute atomic E-state index is 2.38. The lowest BCUT2D eigenvalue weighted by Crippen LogP contribution is -2.07. The number of aryl methyl sites for hydroxylation is 4. The van der Waals surface area contributed by atoms with Gasteiger partial charge in [0, 0.05) is 0 Å². The predicted molar refractivity (Wildman–Crippen MR) is 86.3 cm³/mol. The van der Waals surface area contributed by atoms with Crippen LogP contribution in [0.3, 0.4) is 0 Å². The van der Waals surface area contributed by atoms with Gasteiger partial charge in [0.2, 0.25) is 0 Å². The Hall–Kier alpha value is -2.08. The van der Waals surface area contributed by atoms with Gasteiger partial charge >= 0.3 is 0 Å². The molecule has 0 saturated carbocycles. The topological polar surface area (TPSA) is 0 Å². The number of hydrogen-bond donors (Lipinski definition) is 0. The van der Waals surface area contributed by atoms with Crippen molar-refractivity contribution in [1.29, 1.82) is 0 Å². The molecule has 0 heterocycles. The van der Waals surface area contributed by atoms with Gasteiger partial charge in [0.25, 0.3) is 0 Å². The minimum atomic E-state index is 1.24. The Morgan fingerprint density at radius 1 is 0.700 bits per heavy atom. The van der Waals surface area contributed by atoms with Crippen molar-refractivity contribution < 1.29 is 0 Å². The molecule has 0 atom stereocenters. The number of hydrogen-bond acceptors (Lipinski definition) is 0. The van der Waals surface area contributed by atoms with Crippen LogP contribution < -0.4 is 0 Å². The number of rotatable bonds is 1. The molecule has 3 aromatic rings. The second-order valence-corrected chi connectivity index (χ2v) is 6.02. The quantitative estimate of drug-likeness (QED) is 0.561. The molecule has 0 unspecified atom stereocenters. The SMILES string of the molecule is Cc1cc(-c2ccc3c(c2)CC3)c2cc(C)ccc2c1. The molecule has 0 N–H and O–H groups in total. The Bertz CT molecular complexity index is 825. The third-order valence-corrected chi connectivity index (χ3v) is 4.44. The van der Waals surface area contributed by atoms with Gasteiger partial charge in [-0.2, -0.15) is 0 Å². The van der Waals surface area contributed by atoms with E-state index in [9.17, 15) is 0 Å². The maximum atomic E-state index is 2.38. The summed E-state index contributed by atoms with van der Waals surface area (Å²) in [5.74, 6) is 0. The summed E-state index contributed by atoms with van der Waals surface area (Å²) < 4.78 is 0. The van der Waals surface area contributed by atoms with Crippen LogP contribution in [0.4, 0.5) is 0 Å². The van der Waals surface area contributed by atoms with Gasteiger partial charge in [0.05, 0.1) is 0 Å². The second kappa shape index (κ2) is 4.21. The van der Waals surface area contributed by atoms with E-state index in [0.717, 1.165) is 0 Å². The lowest BCUT2D eigenvalue weighted by molar-refractivity contribution is 0.840. The van der Waals surface area contributed by atoms with Gasteiger partial charge in [-0.3, -0.25) is 0 Å². The smallest absolute Gasteiger partial charge is 0.0103 e. The summed E-state index contributed by atoms with van der Waals surface area (Å²) in [4.78, 5) is 0. The molecule has 0 aromatic heterocycles. The van der Waals surface area contributed by atoms with Gasteiger partial charge in [0.1, 0.15) is 0 Å². The summed E-state index contributed by atoms with van der Waals surface area (Å²) in [6.45, 7) is 4.35. The van der Waals surface area contributed by atoms with E-state index in [0.29, 0.717) is 0 Å². The first kappa shape index (κ1) is 11.7. The summed E-state index contributed by atoms with van der Waals surface area (Å²) in [5.41, 5.74) is 8.46. The highest BCUT2D eigenvalue weighted by atomic mass is 14.2. The Labute approximate surface area is 120 Å². The number of benzene rings is 3. The zero-order valence-corrected chi connectivity index (χ0v) is 12.0. The molecule has 0 amide bonds. The van der Waals surface area contributed by atoms with Crippen molar-refractivity contribution in [2.24, 2.45) is 0 Å². The lowest BCUT2D eigenvalue weighted by atomic mass is 9.85. The molecular weight excluding hydrogens is 240 g/mol. The fourth-order valence-corrected chi connectivity index (χ4v) is 3.22. The first-order chi connectivity index (χ1) is 9.70. The molecular formula is C20H18. The lowest BCUT2D eigenvalue weighted by Gasteiger charge is -2.20. The third kappa shape index (κ3) is 1.76. The Morgan fingerprint density at radius 3 is 2.30 bits per heavy atom. The Morgan fingerprint density at radius 2 is 1.55 bits per heavy atom. The van der Waals surface area contributed by atoms with E-state index in [1.807, 2.05) is 0 Å². The summed E-state index contributed by atoms with van der Waals surface area (Å²) in [6, 6.07) is 18.3. The van der Waals surface area contributed by atoms with Crippen molar-refractivity contribution in [2.75, 3.05) is 0 Å². The fraction of sp³-hybridized carbons (Fsp3) is 0.200. The van der Waals surface area contributed by atoms with Crippen LogP contribution in [0.1, 0.15) is 22.3 Å². The van der Waals surface area contributed by atoms with Gasteiger partial charge in [-0.15, -0.1) is 0 Å². The minimum absolute atomic E-state index is 1.24. The van der Waals surface area contributed by atoms with E-state index < -0.39 is 0 Å². The van der Waals surface area contributed by atoms with E-state index in [2.05, 4.69) is 62.4 Å². The molecule has 3 aromatic carbocycles. The monoisotopic (exact) mass is 258 g/mol. The molecule has 0 aliphatic heterocycles. The molecule has 1 aliphatic rings. The van der Waals surface area contributed by atoms with Crippen molar-refractivity contribution in [3.05, 3.63) is 70.8 Å². The molecule has 98 valence electrons. The highest BCUT2D eigenvalue weighted by molar-refractivity contribution is 5.97. The van der Waals surface area contributed by atoms with E-state index in [1.165, 1.54) is 57.0 Å². The maximum Gasteiger partial charge on any atom is -0.0103 e.